The van der Waals surface area contributed by atoms with Crippen molar-refractivity contribution in [3.05, 3.63) is 120 Å². The normalized spacial score (nSPS) is 18.3. The van der Waals surface area contributed by atoms with E-state index in [2.05, 4.69) is 20.6 Å². The smallest absolute Gasteiger partial charge is 0.272 e. The van der Waals surface area contributed by atoms with Crippen LogP contribution in [0.1, 0.15) is 32.8 Å². The van der Waals surface area contributed by atoms with Crippen LogP contribution in [0.2, 0.25) is 0 Å². The molecule has 1 fully saturated rings. The van der Waals surface area contributed by atoms with Crippen molar-refractivity contribution in [1.82, 2.24) is 25.5 Å². The zero-order valence-electron chi connectivity index (χ0n) is 25.2. The van der Waals surface area contributed by atoms with Crippen molar-refractivity contribution in [2.45, 2.75) is 25.1 Å². The highest BCUT2D eigenvalue weighted by atomic mass is 19.1. The van der Waals surface area contributed by atoms with Crippen LogP contribution < -0.4 is 20.1 Å². The van der Waals surface area contributed by atoms with E-state index in [0.717, 1.165) is 11.1 Å². The van der Waals surface area contributed by atoms with Crippen molar-refractivity contribution in [2.24, 2.45) is 0 Å². The molecule has 0 spiro atoms. The Morgan fingerprint density at radius 1 is 0.894 bits per heavy atom. The van der Waals surface area contributed by atoms with Gasteiger partial charge in [0.2, 0.25) is 0 Å². The van der Waals surface area contributed by atoms with Gasteiger partial charge in [0.05, 0.1) is 11.6 Å². The van der Waals surface area contributed by atoms with Gasteiger partial charge in [0.25, 0.3) is 17.7 Å². The average molecular weight is 632 g/mol. The summed E-state index contributed by atoms with van der Waals surface area (Å²) < 4.78 is 26.6. The molecule has 3 aliphatic rings. The Morgan fingerprint density at radius 3 is 2.60 bits per heavy atom. The summed E-state index contributed by atoms with van der Waals surface area (Å²) in [7, 11) is 0. The van der Waals surface area contributed by atoms with Gasteiger partial charge in [-0.15, -0.1) is 0 Å². The fourth-order valence-corrected chi connectivity index (χ4v) is 5.79. The summed E-state index contributed by atoms with van der Waals surface area (Å²) in [4.78, 5) is 50.0. The van der Waals surface area contributed by atoms with Gasteiger partial charge >= 0.3 is 0 Å². The molecule has 11 heteroatoms. The lowest BCUT2D eigenvalue weighted by Crippen LogP contribution is -2.58. The molecule has 0 unspecified atom stereocenters. The zero-order valence-corrected chi connectivity index (χ0v) is 25.2. The van der Waals surface area contributed by atoms with Crippen molar-refractivity contribution in [3.8, 4) is 22.6 Å². The number of pyridine rings is 2. The molecule has 2 atom stereocenters. The van der Waals surface area contributed by atoms with Gasteiger partial charge in [-0.2, -0.15) is 0 Å². The minimum Gasteiger partial charge on any atom is -0.488 e. The molecular formula is C36H30FN5O5. The number of ether oxygens (including phenoxy) is 2. The summed E-state index contributed by atoms with van der Waals surface area (Å²) in [5.74, 6) is -0.440. The van der Waals surface area contributed by atoms with E-state index in [1.807, 2.05) is 18.2 Å². The molecule has 5 heterocycles. The number of hydrogen-bond acceptors (Lipinski definition) is 7. The number of rotatable bonds is 1. The van der Waals surface area contributed by atoms with Gasteiger partial charge < -0.3 is 25.0 Å². The molecule has 2 N–H and O–H groups in total. The molecule has 0 saturated carbocycles. The maximum Gasteiger partial charge on any atom is 0.272 e. The molecule has 47 heavy (non-hydrogen) atoms. The Balaban J connectivity index is 1.19. The van der Waals surface area contributed by atoms with Gasteiger partial charge in [-0.3, -0.25) is 19.4 Å². The largest absolute Gasteiger partial charge is 0.488 e. The maximum atomic E-state index is 14.5. The van der Waals surface area contributed by atoms with E-state index in [-0.39, 0.29) is 42.1 Å². The summed E-state index contributed by atoms with van der Waals surface area (Å²) in [6.07, 6.45) is 3.07. The van der Waals surface area contributed by atoms with Crippen LogP contribution in [-0.4, -0.2) is 64.4 Å². The lowest BCUT2D eigenvalue weighted by atomic mass is 10.00. The summed E-state index contributed by atoms with van der Waals surface area (Å²) in [6.45, 7) is 0.643. The van der Waals surface area contributed by atoms with Crippen LogP contribution in [-0.2, 0) is 11.3 Å². The predicted molar refractivity (Wildman–Crippen MR) is 171 cm³/mol. The molecule has 0 radical (unpaired) electrons. The number of para-hydroxylation sites is 1. The minimum absolute atomic E-state index is 0.117. The van der Waals surface area contributed by atoms with E-state index in [4.69, 9.17) is 9.47 Å². The zero-order chi connectivity index (χ0) is 32.3. The number of carbonyl (C=O) groups is 3. The lowest BCUT2D eigenvalue weighted by molar-refractivity contribution is -0.123. The highest BCUT2D eigenvalue weighted by Gasteiger charge is 2.35. The summed E-state index contributed by atoms with van der Waals surface area (Å²) in [5, 5.41) is 6.53. The molecule has 3 amide bonds. The van der Waals surface area contributed by atoms with E-state index in [1.165, 1.54) is 12.3 Å². The van der Waals surface area contributed by atoms with E-state index in [0.29, 0.717) is 47.5 Å². The minimum atomic E-state index is -0.595. The number of piperidine rings is 1. The quantitative estimate of drug-likeness (QED) is 0.279. The molecule has 1 saturated heterocycles. The number of aromatic nitrogens is 2. The second-order valence-corrected chi connectivity index (χ2v) is 11.5. The van der Waals surface area contributed by atoms with Gasteiger partial charge in [0, 0.05) is 49.4 Å². The average Bonchev–Trinajstić information content (AvgIpc) is 3.10. The molecule has 8 rings (SSSR count). The van der Waals surface area contributed by atoms with Crippen LogP contribution in [0.15, 0.2) is 97.3 Å². The number of carbonyl (C=O) groups excluding carboxylic acids is 3. The third-order valence-corrected chi connectivity index (χ3v) is 8.28. The highest BCUT2D eigenvalue weighted by molar-refractivity contribution is 5.96. The Morgan fingerprint density at radius 2 is 1.72 bits per heavy atom. The summed E-state index contributed by atoms with van der Waals surface area (Å²) >= 11 is 0. The first-order chi connectivity index (χ1) is 22.9. The third-order valence-electron chi connectivity index (χ3n) is 8.28. The molecule has 6 bridgehead atoms. The van der Waals surface area contributed by atoms with Gasteiger partial charge in [-0.1, -0.05) is 42.5 Å². The van der Waals surface area contributed by atoms with E-state index < -0.39 is 18.0 Å². The number of hydrogen-bond donors (Lipinski definition) is 2. The second kappa shape index (κ2) is 12.9. The van der Waals surface area contributed by atoms with Crippen molar-refractivity contribution < 1.29 is 28.2 Å². The third kappa shape index (κ3) is 6.60. The molecule has 3 aliphatic heterocycles. The molecule has 236 valence electrons. The molecule has 3 aromatic carbocycles. The first kappa shape index (κ1) is 29.8. The standard InChI is InChI=1S/C36H30FN5O5/c37-29-6-2-3-23-9-12-30(40-34(23)29)36(45)42-14-13-32-31(20-42)41-35(44)26-15-25(18-38-19-26)24-4-1-5-28(16-24)46-21-33(43)39-17-22-7-10-27(47-32)11-8-22/h1-12,15-16,18-19,31-32H,13-14,17,20-21H2,(H,39,43)(H,41,44)/t31-,32+/m1/s1. The predicted octanol–water partition coefficient (Wildman–Crippen LogP) is 4.54. The van der Waals surface area contributed by atoms with Crippen molar-refractivity contribution in [3.63, 3.8) is 0 Å². The van der Waals surface area contributed by atoms with E-state index in [1.54, 1.807) is 71.8 Å². The van der Waals surface area contributed by atoms with Crippen LogP contribution in [0, 0.1) is 5.82 Å². The molecule has 10 nitrogen and oxygen atoms in total. The fraction of sp³-hybridized carbons (Fsp3) is 0.194. The first-order valence-corrected chi connectivity index (χ1v) is 15.3. The van der Waals surface area contributed by atoms with Gasteiger partial charge in [0.15, 0.2) is 6.61 Å². The topological polar surface area (TPSA) is 123 Å². The number of amides is 3. The number of nitrogens with one attached hydrogen (secondary N) is 2. The molecule has 5 aromatic rings. The highest BCUT2D eigenvalue weighted by Crippen LogP contribution is 2.26. The van der Waals surface area contributed by atoms with Crippen molar-refractivity contribution in [2.75, 3.05) is 19.7 Å². The van der Waals surface area contributed by atoms with Gasteiger partial charge in [-0.25, -0.2) is 9.37 Å². The van der Waals surface area contributed by atoms with Crippen LogP contribution in [0.3, 0.4) is 0 Å². The van der Waals surface area contributed by atoms with Crippen molar-refractivity contribution in [1.29, 1.82) is 0 Å². The van der Waals surface area contributed by atoms with Crippen LogP contribution >= 0.6 is 0 Å². The molecule has 0 aliphatic carbocycles. The van der Waals surface area contributed by atoms with E-state index >= 15 is 0 Å². The Bertz CT molecular complexity index is 1990. The summed E-state index contributed by atoms with van der Waals surface area (Å²) in [5.41, 5.74) is 2.88. The molecular weight excluding hydrogens is 601 g/mol. The maximum absolute atomic E-state index is 14.5. The van der Waals surface area contributed by atoms with Crippen LogP contribution in [0.25, 0.3) is 22.0 Å². The number of benzene rings is 3. The van der Waals surface area contributed by atoms with Crippen LogP contribution in [0.4, 0.5) is 4.39 Å². The Labute approximate surface area is 269 Å². The van der Waals surface area contributed by atoms with Crippen LogP contribution in [0.5, 0.6) is 11.5 Å². The number of likely N-dealkylation sites (tertiary alicyclic amines) is 1. The monoisotopic (exact) mass is 631 g/mol. The lowest BCUT2D eigenvalue weighted by Gasteiger charge is -2.38. The number of fused-ring (bicyclic) bond motifs is 8. The Kier molecular flexibility index (Phi) is 8.18. The second-order valence-electron chi connectivity index (χ2n) is 11.5. The first-order valence-electron chi connectivity index (χ1n) is 15.3. The fourth-order valence-electron chi connectivity index (χ4n) is 5.79. The van der Waals surface area contributed by atoms with Gasteiger partial charge in [-0.05, 0) is 53.6 Å². The number of nitrogens with zero attached hydrogens (tertiary/aromatic N) is 3. The van der Waals surface area contributed by atoms with Crippen molar-refractivity contribution >= 4 is 28.6 Å². The Hall–Kier alpha value is -5.84. The number of halogens is 1. The van der Waals surface area contributed by atoms with E-state index in [9.17, 15) is 18.8 Å². The van der Waals surface area contributed by atoms with Gasteiger partial charge in [0.1, 0.15) is 34.6 Å². The SMILES string of the molecule is O=C1COc2cccc(c2)-c2cncc(c2)C(=O)N[C@@H]2CN(C(=O)c3ccc4cccc(F)c4n3)CC[C@@H]2Oc2ccc(cc2)CN1. The summed E-state index contributed by atoms with van der Waals surface area (Å²) in [6, 6.07) is 23.5. The molecule has 2 aromatic heterocycles.